The molecule has 172 valence electrons. The molecule has 0 aliphatic carbocycles. The Morgan fingerprint density at radius 1 is 0.853 bits per heavy atom. The molecule has 2 aromatic heterocycles. The summed E-state index contributed by atoms with van der Waals surface area (Å²) in [6, 6.07) is 14.6. The fourth-order valence-electron chi connectivity index (χ4n) is 3.08. The number of halogens is 2. The van der Waals surface area contributed by atoms with E-state index in [2.05, 4.69) is 9.97 Å². The maximum atomic E-state index is 11.4. The number of carbonyl (C=O) groups excluding carboxylic acids is 1. The number of aromatic nitrogens is 2. The van der Waals surface area contributed by atoms with Gasteiger partial charge < -0.3 is 15.3 Å². The van der Waals surface area contributed by atoms with Crippen molar-refractivity contribution in [3.8, 4) is 0 Å². The Hall–Kier alpha value is -2.66. The van der Waals surface area contributed by atoms with Gasteiger partial charge in [0.25, 0.3) is 0 Å². The number of pyridine rings is 2. The molecule has 0 aliphatic rings. The van der Waals surface area contributed by atoms with Gasteiger partial charge in [0, 0.05) is 23.2 Å². The Labute approximate surface area is 218 Å². The Balaban J connectivity index is 0.000000323. The van der Waals surface area contributed by atoms with Gasteiger partial charge in [-0.3, -0.25) is 19.6 Å². The van der Waals surface area contributed by atoms with Gasteiger partial charge >= 0.3 is 30.8 Å². The van der Waals surface area contributed by atoms with E-state index in [9.17, 15) is 9.59 Å². The number of hydrogen-bond donors (Lipinski definition) is 1. The molecule has 0 unspecified atom stereocenters. The largest absolute Gasteiger partial charge is 1.00 e. The van der Waals surface area contributed by atoms with Crippen molar-refractivity contribution in [3.63, 3.8) is 0 Å². The van der Waals surface area contributed by atoms with E-state index in [1.165, 1.54) is 0 Å². The van der Waals surface area contributed by atoms with E-state index >= 15 is 0 Å². The number of esters is 1. The Kier molecular flexibility index (Phi) is 12.0. The van der Waals surface area contributed by atoms with Gasteiger partial charge in [0.2, 0.25) is 0 Å². The summed E-state index contributed by atoms with van der Waals surface area (Å²) in [6.07, 6.45) is 3.47. The Bertz CT molecular complexity index is 1290. The molecule has 4 aromatic rings. The number of hydrogen-bond acceptors (Lipinski definition) is 6. The number of carbonyl (C=O) groups is 2. The van der Waals surface area contributed by atoms with Gasteiger partial charge in [0.1, 0.15) is 0 Å². The molecule has 0 saturated carbocycles. The van der Waals surface area contributed by atoms with E-state index < -0.39 is 5.97 Å². The average molecular weight is 495 g/mol. The summed E-state index contributed by atoms with van der Waals surface area (Å²) < 4.78 is 4.90. The van der Waals surface area contributed by atoms with Gasteiger partial charge in [0.15, 0.2) is 0 Å². The topological polar surface area (TPSA) is 119 Å². The number of nitrogens with zero attached hydrogens (tertiary/aromatic N) is 2. The van der Waals surface area contributed by atoms with E-state index in [4.69, 9.17) is 33.0 Å². The second-order valence-electron chi connectivity index (χ2n) is 6.91. The molecule has 4 rings (SSSR count). The first-order chi connectivity index (χ1) is 15.3. The van der Waals surface area contributed by atoms with Gasteiger partial charge in [-0.2, -0.15) is 0 Å². The third-order valence-corrected chi connectivity index (χ3v) is 4.85. The molecule has 0 atom stereocenters. The summed E-state index contributed by atoms with van der Waals surface area (Å²) in [5.74, 6) is -1.06. The normalized spacial score (nSPS) is 9.85. The molecule has 0 spiro atoms. The summed E-state index contributed by atoms with van der Waals surface area (Å²) in [6.45, 7) is 2.20. The maximum Gasteiger partial charge on any atom is 1.00 e. The number of rotatable bonds is 5. The molecule has 0 aliphatic heterocycles. The smallest absolute Gasteiger partial charge is 0.870 e. The molecule has 2 aromatic carbocycles. The average Bonchev–Trinajstić information content (AvgIpc) is 2.73. The van der Waals surface area contributed by atoms with Crippen LogP contribution in [0.1, 0.15) is 18.1 Å². The van der Waals surface area contributed by atoms with Crippen molar-refractivity contribution in [2.24, 2.45) is 0 Å². The fourth-order valence-corrected chi connectivity index (χ4v) is 3.41. The zero-order valence-electron chi connectivity index (χ0n) is 18.7. The molecule has 7 nitrogen and oxygen atoms in total. The van der Waals surface area contributed by atoms with Crippen LogP contribution < -0.4 is 18.9 Å². The molecule has 0 saturated heterocycles. The van der Waals surface area contributed by atoms with Crippen LogP contribution in [-0.4, -0.2) is 39.1 Å². The van der Waals surface area contributed by atoms with Crippen molar-refractivity contribution >= 4 is 56.9 Å². The van der Waals surface area contributed by atoms with Crippen LogP contribution in [-0.2, 0) is 27.2 Å². The summed E-state index contributed by atoms with van der Waals surface area (Å²) in [4.78, 5) is 30.2. The second kappa shape index (κ2) is 13.9. The van der Waals surface area contributed by atoms with Crippen LogP contribution in [0.25, 0.3) is 21.8 Å². The second-order valence-corrected chi connectivity index (χ2v) is 7.79. The summed E-state index contributed by atoms with van der Waals surface area (Å²) in [5, 5.41) is 11.6. The number of aliphatic carboxylic acids is 1. The molecule has 34 heavy (non-hydrogen) atoms. The standard InChI is InChI=1S/C13H12ClNO2.C11H8ClNO2.Li.H2O/c1-2-17-13(16)6-9-3-4-12-10(5-9)7-11(14)8-15-12;12-9-5-8-3-7(4-11(14)15)1-2-10(8)13-6-9;;/h3-5,7-8H,2,6H2,1H3;1-3,5-6H,4H2,(H,14,15);;1H2/q;;+1;/p-1. The van der Waals surface area contributed by atoms with Crippen LogP contribution >= 0.6 is 23.2 Å². The first-order valence-corrected chi connectivity index (χ1v) is 10.6. The van der Waals surface area contributed by atoms with Crippen molar-refractivity contribution in [2.75, 3.05) is 6.61 Å². The van der Waals surface area contributed by atoms with Gasteiger partial charge in [-0.25, -0.2) is 0 Å². The van der Waals surface area contributed by atoms with Crippen LogP contribution in [0.2, 0.25) is 10.0 Å². The third-order valence-electron chi connectivity index (χ3n) is 4.43. The quantitative estimate of drug-likeness (QED) is 0.334. The number of carboxylic acid groups (broad SMARTS) is 1. The number of benzene rings is 2. The van der Waals surface area contributed by atoms with E-state index in [0.717, 1.165) is 32.9 Å². The molecule has 0 fully saturated rings. The van der Waals surface area contributed by atoms with Gasteiger partial charge in [-0.05, 0) is 54.4 Å². The van der Waals surface area contributed by atoms with Crippen LogP contribution in [0.5, 0.6) is 0 Å². The van der Waals surface area contributed by atoms with Crippen molar-refractivity contribution < 1.29 is 43.8 Å². The zero-order chi connectivity index (χ0) is 23.1. The maximum absolute atomic E-state index is 11.4. The van der Waals surface area contributed by atoms with Crippen molar-refractivity contribution in [1.29, 1.82) is 0 Å². The molecule has 2 N–H and O–H groups in total. The van der Waals surface area contributed by atoms with Crippen molar-refractivity contribution in [2.45, 2.75) is 19.8 Å². The minimum Gasteiger partial charge on any atom is -0.870 e. The molecular weight excluding hydrogens is 474 g/mol. The first kappa shape index (κ1) is 29.4. The minimum atomic E-state index is -0.843. The monoisotopic (exact) mass is 494 g/mol. The fraction of sp³-hybridized carbons (Fsp3) is 0.167. The van der Waals surface area contributed by atoms with Gasteiger partial charge in [0.05, 0.1) is 40.5 Å². The zero-order valence-corrected chi connectivity index (χ0v) is 20.2. The third kappa shape index (κ3) is 8.60. The van der Waals surface area contributed by atoms with Crippen LogP contribution in [0.3, 0.4) is 0 Å². The summed E-state index contributed by atoms with van der Waals surface area (Å²) in [5.41, 5.74) is 3.33. The minimum absolute atomic E-state index is 0. The van der Waals surface area contributed by atoms with E-state index in [0.29, 0.717) is 16.7 Å². The number of ether oxygens (including phenoxy) is 1. The molecule has 0 amide bonds. The van der Waals surface area contributed by atoms with Crippen LogP contribution in [0, 0.1) is 0 Å². The Morgan fingerprint density at radius 2 is 1.32 bits per heavy atom. The molecule has 0 radical (unpaired) electrons. The van der Waals surface area contributed by atoms with E-state index in [-0.39, 0.29) is 43.1 Å². The van der Waals surface area contributed by atoms with Crippen LogP contribution in [0.15, 0.2) is 60.9 Å². The molecule has 10 heteroatoms. The van der Waals surface area contributed by atoms with Crippen molar-refractivity contribution in [3.05, 3.63) is 82.1 Å². The van der Waals surface area contributed by atoms with Gasteiger partial charge in [-0.15, -0.1) is 0 Å². The van der Waals surface area contributed by atoms with Crippen LogP contribution in [0.4, 0.5) is 0 Å². The Morgan fingerprint density at radius 3 is 1.76 bits per heavy atom. The summed E-state index contributed by atoms with van der Waals surface area (Å²) >= 11 is 11.7. The van der Waals surface area contributed by atoms with Gasteiger partial charge in [-0.1, -0.05) is 35.3 Å². The van der Waals surface area contributed by atoms with E-state index in [1.54, 1.807) is 43.6 Å². The predicted octanol–water partition coefficient (Wildman–Crippen LogP) is 2.34. The molecular formula is C24H21Cl2LiN2O5. The van der Waals surface area contributed by atoms with E-state index in [1.807, 2.05) is 24.3 Å². The first-order valence-electron chi connectivity index (χ1n) is 9.80. The molecule has 0 bridgehead atoms. The number of carboxylic acids is 1. The SMILES string of the molecule is CCOC(=O)Cc1ccc2ncc(Cl)cc2c1.O=C(O)Cc1ccc2ncc(Cl)cc2c1.[Li+].[OH-]. The number of fused-ring (bicyclic) bond motifs is 2. The van der Waals surface area contributed by atoms with Crippen molar-refractivity contribution in [1.82, 2.24) is 9.97 Å². The summed E-state index contributed by atoms with van der Waals surface area (Å²) in [7, 11) is 0. The predicted molar refractivity (Wildman–Crippen MR) is 127 cm³/mol. The molecule has 2 heterocycles.